The van der Waals surface area contributed by atoms with E-state index in [9.17, 15) is 4.79 Å². The Labute approximate surface area is 123 Å². The molecule has 1 aliphatic rings. The lowest BCUT2D eigenvalue weighted by Crippen LogP contribution is -2.41. The highest BCUT2D eigenvalue weighted by Crippen LogP contribution is 2.19. The minimum absolute atomic E-state index is 0.000225. The van der Waals surface area contributed by atoms with Crippen molar-refractivity contribution in [2.24, 2.45) is 0 Å². The van der Waals surface area contributed by atoms with Gasteiger partial charge in [0, 0.05) is 18.8 Å². The van der Waals surface area contributed by atoms with Gasteiger partial charge in [0.25, 0.3) is 5.91 Å². The molecule has 106 valence electrons. The molecule has 0 saturated carbocycles. The van der Waals surface area contributed by atoms with Crippen LogP contribution in [-0.4, -0.2) is 41.5 Å². The van der Waals surface area contributed by atoms with Crippen LogP contribution in [0, 0.1) is 11.3 Å². The smallest absolute Gasteiger partial charge is 0.263 e. The van der Waals surface area contributed by atoms with E-state index in [0.29, 0.717) is 11.3 Å². The summed E-state index contributed by atoms with van der Waals surface area (Å²) >= 11 is 1.88. The zero-order valence-electron chi connectivity index (χ0n) is 11.5. The summed E-state index contributed by atoms with van der Waals surface area (Å²) in [5.74, 6) is 2.56. The van der Waals surface area contributed by atoms with Gasteiger partial charge < -0.3 is 9.64 Å². The predicted octanol–water partition coefficient (Wildman–Crippen LogP) is 2.29. The van der Waals surface area contributed by atoms with E-state index in [1.165, 1.54) is 0 Å². The van der Waals surface area contributed by atoms with Gasteiger partial charge in [0.1, 0.15) is 11.8 Å². The Morgan fingerprint density at radius 1 is 1.40 bits per heavy atom. The van der Waals surface area contributed by atoms with Gasteiger partial charge in [-0.1, -0.05) is 12.1 Å². The molecule has 0 aliphatic carbocycles. The van der Waals surface area contributed by atoms with Gasteiger partial charge in [0.2, 0.25) is 0 Å². The number of hydrogen-bond donors (Lipinski definition) is 0. The first kappa shape index (κ1) is 14.7. The molecule has 1 aromatic rings. The molecule has 0 spiro atoms. The third-order valence-electron chi connectivity index (χ3n) is 3.19. The van der Waals surface area contributed by atoms with Crippen LogP contribution in [0.2, 0.25) is 0 Å². The average Bonchev–Trinajstić information content (AvgIpc) is 2.76. The van der Waals surface area contributed by atoms with E-state index in [4.69, 9.17) is 10.00 Å². The maximum absolute atomic E-state index is 12.4. The number of ether oxygens (including phenoxy) is 1. The minimum atomic E-state index is -0.562. The summed E-state index contributed by atoms with van der Waals surface area (Å²) in [6.07, 6.45) is 0.463. The zero-order valence-corrected chi connectivity index (χ0v) is 12.4. The first-order valence-electron chi connectivity index (χ1n) is 6.74. The Kier molecular flexibility index (Phi) is 5.31. The monoisotopic (exact) mass is 290 g/mol. The summed E-state index contributed by atoms with van der Waals surface area (Å²) in [6.45, 7) is 3.31. The Morgan fingerprint density at radius 2 is 2.20 bits per heavy atom. The highest BCUT2D eigenvalue weighted by atomic mass is 32.2. The van der Waals surface area contributed by atoms with E-state index in [1.54, 1.807) is 31.2 Å². The molecule has 4 nitrogen and oxygen atoms in total. The number of carbonyl (C=O) groups excluding carboxylic acids is 1. The lowest BCUT2D eigenvalue weighted by Gasteiger charge is -2.24. The first-order chi connectivity index (χ1) is 9.72. The summed E-state index contributed by atoms with van der Waals surface area (Å²) < 4.78 is 5.67. The second-order valence-corrected chi connectivity index (χ2v) is 5.88. The molecule has 1 unspecified atom stereocenters. The summed E-state index contributed by atoms with van der Waals surface area (Å²) in [6, 6.07) is 9.07. The number of nitriles is 1. The zero-order chi connectivity index (χ0) is 14.4. The van der Waals surface area contributed by atoms with Gasteiger partial charge in [-0.25, -0.2) is 0 Å². The first-order valence-corrected chi connectivity index (χ1v) is 7.90. The second-order valence-electron chi connectivity index (χ2n) is 4.66. The van der Waals surface area contributed by atoms with Gasteiger partial charge in [-0.2, -0.15) is 17.0 Å². The summed E-state index contributed by atoms with van der Waals surface area (Å²) in [5, 5.41) is 9.03. The van der Waals surface area contributed by atoms with Crippen LogP contribution >= 0.6 is 11.8 Å². The highest BCUT2D eigenvalue weighted by Gasteiger charge is 2.23. The molecule has 1 atom stereocenters. The quantitative estimate of drug-likeness (QED) is 0.857. The lowest BCUT2D eigenvalue weighted by molar-refractivity contribution is -0.137. The lowest BCUT2D eigenvalue weighted by atomic mass is 10.2. The van der Waals surface area contributed by atoms with Crippen LogP contribution in [0.4, 0.5) is 0 Å². The number of benzene rings is 1. The van der Waals surface area contributed by atoms with Crippen LogP contribution < -0.4 is 4.74 Å². The van der Waals surface area contributed by atoms with Crippen molar-refractivity contribution in [1.82, 2.24) is 4.90 Å². The van der Waals surface area contributed by atoms with E-state index < -0.39 is 6.10 Å². The number of nitrogens with zero attached hydrogens (tertiary/aromatic N) is 2. The summed E-state index contributed by atoms with van der Waals surface area (Å²) in [5.41, 5.74) is 0.457. The fourth-order valence-electron chi connectivity index (χ4n) is 2.13. The molecule has 2 rings (SSSR count). The van der Waals surface area contributed by atoms with Crippen LogP contribution in [0.15, 0.2) is 24.3 Å². The van der Waals surface area contributed by atoms with Crippen molar-refractivity contribution in [3.05, 3.63) is 29.8 Å². The van der Waals surface area contributed by atoms with Crippen LogP contribution in [0.1, 0.15) is 18.9 Å². The van der Waals surface area contributed by atoms with E-state index in [-0.39, 0.29) is 5.91 Å². The maximum Gasteiger partial charge on any atom is 0.263 e. The molecule has 1 aliphatic heterocycles. The van der Waals surface area contributed by atoms with Crippen LogP contribution in [-0.2, 0) is 4.79 Å². The molecule has 0 aromatic heterocycles. The Bertz CT molecular complexity index is 505. The van der Waals surface area contributed by atoms with Gasteiger partial charge in [-0.3, -0.25) is 4.79 Å². The Balaban J connectivity index is 2.01. The molecule has 1 aromatic carbocycles. The minimum Gasteiger partial charge on any atom is -0.480 e. The van der Waals surface area contributed by atoms with Crippen LogP contribution in [0.25, 0.3) is 0 Å². The number of carbonyl (C=O) groups is 1. The van der Waals surface area contributed by atoms with Crippen molar-refractivity contribution in [2.45, 2.75) is 19.4 Å². The molecule has 1 amide bonds. The molecule has 1 saturated heterocycles. The van der Waals surface area contributed by atoms with Crippen LogP contribution in [0.5, 0.6) is 5.75 Å². The Hall–Kier alpha value is -1.67. The van der Waals surface area contributed by atoms with E-state index in [1.807, 2.05) is 16.7 Å². The molecular formula is C15H18N2O2S. The number of para-hydroxylation sites is 1. The maximum atomic E-state index is 12.4. The molecule has 0 N–H and O–H groups in total. The number of rotatable bonds is 3. The van der Waals surface area contributed by atoms with Crippen molar-refractivity contribution in [1.29, 1.82) is 5.26 Å². The number of hydrogen-bond acceptors (Lipinski definition) is 4. The van der Waals surface area contributed by atoms with Gasteiger partial charge in [-0.05, 0) is 31.2 Å². The molecule has 0 radical (unpaired) electrons. The molecule has 1 fully saturated rings. The molecule has 20 heavy (non-hydrogen) atoms. The van der Waals surface area contributed by atoms with Gasteiger partial charge in [0.05, 0.1) is 5.56 Å². The van der Waals surface area contributed by atoms with Crippen LogP contribution in [0.3, 0.4) is 0 Å². The number of thioether (sulfide) groups is 1. The van der Waals surface area contributed by atoms with E-state index in [0.717, 1.165) is 31.0 Å². The molecular weight excluding hydrogens is 272 g/mol. The molecule has 5 heteroatoms. The number of amides is 1. The standard InChI is InChI=1S/C15H18N2O2S/c1-12(15(18)17-7-4-9-20-10-8-17)19-14-6-3-2-5-13(14)11-16/h2-3,5-6,12H,4,7-10H2,1H3. The van der Waals surface area contributed by atoms with Crippen molar-refractivity contribution < 1.29 is 9.53 Å². The van der Waals surface area contributed by atoms with Crippen molar-refractivity contribution in [3.8, 4) is 11.8 Å². The average molecular weight is 290 g/mol. The van der Waals surface area contributed by atoms with Crippen molar-refractivity contribution in [3.63, 3.8) is 0 Å². The summed E-state index contributed by atoms with van der Waals surface area (Å²) in [4.78, 5) is 14.2. The third-order valence-corrected chi connectivity index (χ3v) is 4.24. The predicted molar refractivity (Wildman–Crippen MR) is 79.8 cm³/mol. The van der Waals surface area contributed by atoms with Gasteiger partial charge >= 0.3 is 0 Å². The SMILES string of the molecule is CC(Oc1ccccc1C#N)C(=O)N1CCCSCC1. The normalized spacial score (nSPS) is 16.9. The second kappa shape index (κ2) is 7.20. The topological polar surface area (TPSA) is 53.3 Å². The fourth-order valence-corrected chi connectivity index (χ4v) is 3.01. The highest BCUT2D eigenvalue weighted by molar-refractivity contribution is 7.99. The van der Waals surface area contributed by atoms with Crippen molar-refractivity contribution >= 4 is 17.7 Å². The molecule has 1 heterocycles. The summed E-state index contributed by atoms with van der Waals surface area (Å²) in [7, 11) is 0. The molecule has 0 bridgehead atoms. The van der Waals surface area contributed by atoms with Crippen molar-refractivity contribution in [2.75, 3.05) is 24.6 Å². The van der Waals surface area contributed by atoms with E-state index >= 15 is 0 Å². The van der Waals surface area contributed by atoms with Gasteiger partial charge in [-0.15, -0.1) is 0 Å². The van der Waals surface area contributed by atoms with E-state index in [2.05, 4.69) is 6.07 Å². The largest absolute Gasteiger partial charge is 0.480 e. The Morgan fingerprint density at radius 3 is 3.00 bits per heavy atom. The fraction of sp³-hybridized carbons (Fsp3) is 0.467. The third kappa shape index (κ3) is 3.67. The van der Waals surface area contributed by atoms with Gasteiger partial charge in [0.15, 0.2) is 6.10 Å².